The van der Waals surface area contributed by atoms with Crippen molar-refractivity contribution < 1.29 is 9.59 Å². The lowest BCUT2D eigenvalue weighted by molar-refractivity contribution is -0.131. The van der Waals surface area contributed by atoms with Gasteiger partial charge >= 0.3 is 0 Å². The highest BCUT2D eigenvalue weighted by Gasteiger charge is 2.43. The summed E-state index contributed by atoms with van der Waals surface area (Å²) in [7, 11) is 0. The Morgan fingerprint density at radius 1 is 1.00 bits per heavy atom. The van der Waals surface area contributed by atoms with Gasteiger partial charge in [0.15, 0.2) is 0 Å². The topological polar surface area (TPSA) is 65.9 Å². The van der Waals surface area contributed by atoms with Crippen LogP contribution >= 0.6 is 0 Å². The van der Waals surface area contributed by atoms with Crippen LogP contribution in [0.5, 0.6) is 0 Å². The summed E-state index contributed by atoms with van der Waals surface area (Å²) in [6.45, 7) is 5.90. The first kappa shape index (κ1) is 22.0. The number of amidine groups is 1. The molecule has 1 aliphatic carbocycles. The Kier molecular flexibility index (Phi) is 5.20. The lowest BCUT2D eigenvalue weighted by atomic mass is 10.0. The lowest BCUT2D eigenvalue weighted by Gasteiger charge is -2.24. The number of benzene rings is 2. The van der Waals surface area contributed by atoms with Gasteiger partial charge in [-0.05, 0) is 62.3 Å². The van der Waals surface area contributed by atoms with Gasteiger partial charge in [-0.25, -0.2) is 0 Å². The zero-order valence-electron chi connectivity index (χ0n) is 20.3. The van der Waals surface area contributed by atoms with Gasteiger partial charge in [0.25, 0.3) is 5.91 Å². The molecule has 1 saturated carbocycles. The molecule has 2 fully saturated rings. The van der Waals surface area contributed by atoms with Crippen molar-refractivity contribution in [3.05, 3.63) is 66.4 Å². The Balaban J connectivity index is 1.22. The van der Waals surface area contributed by atoms with Crippen molar-refractivity contribution in [2.45, 2.75) is 38.6 Å². The smallest absolute Gasteiger partial charge is 0.255 e. The molecule has 2 aromatic carbocycles. The van der Waals surface area contributed by atoms with Crippen LogP contribution < -0.4 is 0 Å². The second-order valence-electron chi connectivity index (χ2n) is 10.6. The van der Waals surface area contributed by atoms with E-state index in [-0.39, 0.29) is 17.7 Å². The molecular weight excluding hydrogens is 436 g/mol. The van der Waals surface area contributed by atoms with E-state index in [9.17, 15) is 9.59 Å². The van der Waals surface area contributed by atoms with Crippen LogP contribution in [0.15, 0.2) is 65.8 Å². The molecule has 35 heavy (non-hydrogen) atoms. The molecule has 3 aromatic rings. The molecule has 6 nitrogen and oxygen atoms in total. The Hall–Kier alpha value is -3.54. The fourth-order valence-electron chi connectivity index (χ4n) is 5.28. The van der Waals surface area contributed by atoms with Gasteiger partial charge in [-0.15, -0.1) is 0 Å². The van der Waals surface area contributed by atoms with E-state index < -0.39 is 5.54 Å². The maximum absolute atomic E-state index is 13.3. The van der Waals surface area contributed by atoms with Crippen molar-refractivity contribution in [2.24, 2.45) is 16.8 Å². The number of pyridine rings is 1. The zero-order valence-corrected chi connectivity index (χ0v) is 20.3. The Labute approximate surface area is 205 Å². The summed E-state index contributed by atoms with van der Waals surface area (Å²) in [5, 5.41) is 1.12. The van der Waals surface area contributed by atoms with Gasteiger partial charge in [0, 0.05) is 42.7 Å². The van der Waals surface area contributed by atoms with Crippen LogP contribution in [0, 0.1) is 11.8 Å². The van der Waals surface area contributed by atoms with Crippen LogP contribution in [0.1, 0.15) is 38.7 Å². The summed E-state index contributed by atoms with van der Waals surface area (Å²) in [6, 6.07) is 18.6. The van der Waals surface area contributed by atoms with Gasteiger partial charge in [-0.3, -0.25) is 24.5 Å². The van der Waals surface area contributed by atoms with Gasteiger partial charge < -0.3 is 4.90 Å². The number of carbonyl (C=O) groups excluding carboxylic acids is 2. The van der Waals surface area contributed by atoms with E-state index in [1.165, 1.54) is 0 Å². The first-order valence-electron chi connectivity index (χ1n) is 12.6. The number of nitrogens with zero attached hydrogens (tertiary/aromatic N) is 4. The van der Waals surface area contributed by atoms with E-state index in [1.807, 2.05) is 35.9 Å². The van der Waals surface area contributed by atoms with E-state index in [4.69, 9.17) is 4.99 Å². The average Bonchev–Trinajstić information content (AvgIpc) is 3.58. The summed E-state index contributed by atoms with van der Waals surface area (Å²) in [5.74, 6) is 1.59. The summed E-state index contributed by atoms with van der Waals surface area (Å²) in [5.41, 5.74) is 3.34. The molecule has 0 spiro atoms. The summed E-state index contributed by atoms with van der Waals surface area (Å²) >= 11 is 0. The molecule has 3 aliphatic rings. The second-order valence-corrected chi connectivity index (χ2v) is 10.6. The number of carbonyl (C=O) groups is 2. The first-order chi connectivity index (χ1) is 16.9. The normalized spacial score (nSPS) is 21.6. The Morgan fingerprint density at radius 3 is 2.51 bits per heavy atom. The maximum Gasteiger partial charge on any atom is 0.255 e. The van der Waals surface area contributed by atoms with Crippen molar-refractivity contribution >= 4 is 28.6 Å². The molecule has 2 aliphatic heterocycles. The Bertz CT molecular complexity index is 1340. The van der Waals surface area contributed by atoms with Crippen molar-refractivity contribution in [1.82, 2.24) is 14.8 Å². The van der Waals surface area contributed by atoms with E-state index in [2.05, 4.69) is 53.5 Å². The predicted molar refractivity (Wildman–Crippen MR) is 137 cm³/mol. The van der Waals surface area contributed by atoms with Gasteiger partial charge in [0.1, 0.15) is 11.4 Å². The van der Waals surface area contributed by atoms with Crippen LogP contribution in [0.2, 0.25) is 0 Å². The highest BCUT2D eigenvalue weighted by Crippen LogP contribution is 2.34. The minimum atomic E-state index is -0.778. The fourth-order valence-corrected chi connectivity index (χ4v) is 5.28. The van der Waals surface area contributed by atoms with E-state index in [0.29, 0.717) is 12.5 Å². The first-order valence-corrected chi connectivity index (χ1v) is 12.6. The van der Waals surface area contributed by atoms with Gasteiger partial charge in [-0.1, -0.05) is 42.5 Å². The fraction of sp³-hybridized carbons (Fsp3) is 0.379. The number of likely N-dealkylation sites (tertiary alicyclic amines) is 1. The monoisotopic (exact) mass is 466 g/mol. The molecule has 1 unspecified atom stereocenters. The molecular formula is C29H30N4O2. The molecule has 6 heteroatoms. The van der Waals surface area contributed by atoms with Crippen LogP contribution in [0.25, 0.3) is 22.0 Å². The predicted octanol–water partition coefficient (Wildman–Crippen LogP) is 4.53. The molecule has 1 saturated heterocycles. The van der Waals surface area contributed by atoms with Crippen molar-refractivity contribution in [3.8, 4) is 11.1 Å². The largest absolute Gasteiger partial charge is 0.342 e. The standard InChI is InChI=1S/C29H30N4O2/c1-29(2)28(35)33(18-19-13-15-32(17-19)27(34)23-10-11-23)26(31-29)22-8-5-20(6-9-22)24-12-7-21-4-3-14-30-25(21)16-24/h3-9,12,14,16,19,23H,10-11,13,15,17-18H2,1-2H3. The quantitative estimate of drug-likeness (QED) is 0.555. The number of aromatic nitrogens is 1. The number of fused-ring (bicyclic) bond motifs is 1. The minimum absolute atomic E-state index is 0.0316. The summed E-state index contributed by atoms with van der Waals surface area (Å²) in [4.78, 5) is 38.9. The zero-order chi connectivity index (χ0) is 24.2. The SMILES string of the molecule is CC1(C)N=C(c2ccc(-c3ccc4cccnc4c3)cc2)N(CC2CCN(C(=O)C3CC3)C2)C1=O. The third kappa shape index (κ3) is 4.11. The van der Waals surface area contributed by atoms with E-state index in [0.717, 1.165) is 65.8 Å². The van der Waals surface area contributed by atoms with Crippen LogP contribution in [-0.2, 0) is 9.59 Å². The summed E-state index contributed by atoms with van der Waals surface area (Å²) < 4.78 is 0. The van der Waals surface area contributed by atoms with Gasteiger partial charge in [0.05, 0.1) is 5.52 Å². The van der Waals surface area contributed by atoms with Crippen molar-refractivity contribution in [2.75, 3.05) is 19.6 Å². The highest BCUT2D eigenvalue weighted by atomic mass is 16.2. The van der Waals surface area contributed by atoms with Crippen molar-refractivity contribution in [3.63, 3.8) is 0 Å². The molecule has 0 radical (unpaired) electrons. The Morgan fingerprint density at radius 2 is 1.74 bits per heavy atom. The molecule has 3 heterocycles. The van der Waals surface area contributed by atoms with Gasteiger partial charge in [-0.2, -0.15) is 0 Å². The molecule has 2 amide bonds. The van der Waals surface area contributed by atoms with Crippen LogP contribution in [0.4, 0.5) is 0 Å². The second kappa shape index (κ2) is 8.29. The number of hydrogen-bond donors (Lipinski definition) is 0. The van der Waals surface area contributed by atoms with E-state index in [1.54, 1.807) is 0 Å². The van der Waals surface area contributed by atoms with Crippen molar-refractivity contribution in [1.29, 1.82) is 0 Å². The number of rotatable bonds is 5. The molecule has 178 valence electrons. The average molecular weight is 467 g/mol. The molecule has 0 N–H and O–H groups in total. The van der Waals surface area contributed by atoms with Gasteiger partial charge in [0.2, 0.25) is 5.91 Å². The lowest BCUT2D eigenvalue weighted by Crippen LogP contribution is -2.42. The number of hydrogen-bond acceptors (Lipinski definition) is 4. The van der Waals surface area contributed by atoms with E-state index >= 15 is 0 Å². The number of amides is 2. The minimum Gasteiger partial charge on any atom is -0.342 e. The highest BCUT2D eigenvalue weighted by molar-refractivity contribution is 6.15. The van der Waals surface area contributed by atoms with Crippen LogP contribution in [0.3, 0.4) is 0 Å². The third-order valence-corrected chi connectivity index (χ3v) is 7.46. The summed E-state index contributed by atoms with van der Waals surface area (Å²) in [6.07, 6.45) is 4.81. The molecule has 6 rings (SSSR count). The molecule has 0 bridgehead atoms. The maximum atomic E-state index is 13.3. The molecule has 1 atom stereocenters. The van der Waals surface area contributed by atoms with Crippen LogP contribution in [-0.4, -0.2) is 57.6 Å². The number of aliphatic imine (C=N–C) groups is 1. The molecule has 1 aromatic heterocycles. The third-order valence-electron chi connectivity index (χ3n) is 7.46.